The Morgan fingerprint density at radius 3 is 2.91 bits per heavy atom. The second-order valence-electron chi connectivity index (χ2n) is 5.34. The third-order valence-corrected chi connectivity index (χ3v) is 4.53. The second kappa shape index (κ2) is 7.41. The highest BCUT2D eigenvalue weighted by atomic mass is 32.1. The molecule has 2 heterocycles. The summed E-state index contributed by atoms with van der Waals surface area (Å²) in [7, 11) is 0. The van der Waals surface area contributed by atoms with Crippen molar-refractivity contribution in [2.45, 2.75) is 44.8 Å². The molecule has 124 valence electrons. The quantitative estimate of drug-likeness (QED) is 0.773. The predicted octanol–water partition coefficient (Wildman–Crippen LogP) is 3.47. The molecule has 2 rings (SSSR count). The number of carbonyl (C=O) groups excluding carboxylic acids is 1. The largest absolute Gasteiger partial charge is 0.411 e. The van der Waals surface area contributed by atoms with Crippen LogP contribution < -0.4 is 0 Å². The number of rotatable bonds is 5. The fraction of sp³-hybridized carbons (Fsp3) is 0.714. The van der Waals surface area contributed by atoms with E-state index in [0.717, 1.165) is 30.0 Å². The van der Waals surface area contributed by atoms with Gasteiger partial charge in [0.1, 0.15) is 11.6 Å². The van der Waals surface area contributed by atoms with E-state index in [1.807, 2.05) is 12.3 Å². The van der Waals surface area contributed by atoms with E-state index >= 15 is 0 Å². The van der Waals surface area contributed by atoms with Crippen LogP contribution in [0.15, 0.2) is 5.38 Å². The molecule has 1 aromatic rings. The van der Waals surface area contributed by atoms with Gasteiger partial charge in [0.25, 0.3) is 0 Å². The first-order valence-corrected chi connectivity index (χ1v) is 8.11. The summed E-state index contributed by atoms with van der Waals surface area (Å²) in [6.07, 6.45) is -1.60. The van der Waals surface area contributed by atoms with Crippen LogP contribution >= 0.6 is 11.3 Å². The Balaban J connectivity index is 1.89. The predicted molar refractivity (Wildman–Crippen MR) is 76.6 cm³/mol. The molecule has 0 unspecified atom stereocenters. The fourth-order valence-electron chi connectivity index (χ4n) is 2.50. The number of alkyl halides is 3. The van der Waals surface area contributed by atoms with E-state index in [9.17, 15) is 18.0 Å². The van der Waals surface area contributed by atoms with Crippen molar-refractivity contribution < 1.29 is 22.7 Å². The Hall–Kier alpha value is -1.15. The van der Waals surface area contributed by atoms with Crippen molar-refractivity contribution in [2.75, 3.05) is 19.8 Å². The van der Waals surface area contributed by atoms with Gasteiger partial charge in [0.05, 0.1) is 19.1 Å². The maximum Gasteiger partial charge on any atom is 0.411 e. The van der Waals surface area contributed by atoms with Gasteiger partial charge in [-0.25, -0.2) is 4.98 Å². The maximum absolute atomic E-state index is 12.3. The van der Waals surface area contributed by atoms with Crippen molar-refractivity contribution in [1.29, 1.82) is 0 Å². The highest BCUT2D eigenvalue weighted by molar-refractivity contribution is 7.09. The summed E-state index contributed by atoms with van der Waals surface area (Å²) in [6, 6.07) is -0.0532. The summed E-state index contributed by atoms with van der Waals surface area (Å²) in [5, 5.41) is 2.85. The van der Waals surface area contributed by atoms with Crippen LogP contribution in [-0.2, 0) is 9.53 Å². The number of amides is 1. The van der Waals surface area contributed by atoms with Gasteiger partial charge in [-0.1, -0.05) is 0 Å². The number of aryl methyl sites for hydroxylation is 1. The topological polar surface area (TPSA) is 42.4 Å². The lowest BCUT2D eigenvalue weighted by molar-refractivity contribution is -0.175. The van der Waals surface area contributed by atoms with Gasteiger partial charge in [-0.15, -0.1) is 11.3 Å². The Bertz CT molecular complexity index is 505. The van der Waals surface area contributed by atoms with Crippen LogP contribution in [-0.4, -0.2) is 41.7 Å². The number of aromatic nitrogens is 1. The smallest absolute Gasteiger partial charge is 0.372 e. The SMILES string of the molecule is Cc1csc([C@@H]2CCCCN2C(=O)CCOCC(F)(F)F)n1. The van der Waals surface area contributed by atoms with Gasteiger partial charge in [-0.05, 0) is 26.2 Å². The maximum atomic E-state index is 12.3. The lowest BCUT2D eigenvalue weighted by Gasteiger charge is -2.34. The molecule has 1 amide bonds. The summed E-state index contributed by atoms with van der Waals surface area (Å²) in [6.45, 7) is 1.01. The molecule has 0 saturated carbocycles. The van der Waals surface area contributed by atoms with Gasteiger partial charge in [0.15, 0.2) is 0 Å². The van der Waals surface area contributed by atoms with E-state index in [1.54, 1.807) is 4.90 Å². The number of nitrogens with zero attached hydrogens (tertiary/aromatic N) is 2. The Kier molecular flexibility index (Phi) is 5.80. The van der Waals surface area contributed by atoms with E-state index in [2.05, 4.69) is 9.72 Å². The number of ether oxygens (including phenoxy) is 1. The van der Waals surface area contributed by atoms with Crippen LogP contribution in [0.2, 0.25) is 0 Å². The molecular formula is C14H19F3N2O2S. The van der Waals surface area contributed by atoms with Crippen molar-refractivity contribution in [1.82, 2.24) is 9.88 Å². The first-order chi connectivity index (χ1) is 10.4. The summed E-state index contributed by atoms with van der Waals surface area (Å²) in [5.74, 6) is -0.167. The van der Waals surface area contributed by atoms with E-state index < -0.39 is 12.8 Å². The summed E-state index contributed by atoms with van der Waals surface area (Å²) in [5.41, 5.74) is 0.923. The molecule has 0 spiro atoms. The number of thiazole rings is 1. The van der Waals surface area contributed by atoms with Crippen molar-refractivity contribution in [3.63, 3.8) is 0 Å². The van der Waals surface area contributed by atoms with Gasteiger partial charge in [-0.3, -0.25) is 4.79 Å². The fourth-order valence-corrected chi connectivity index (χ4v) is 3.45. The lowest BCUT2D eigenvalue weighted by Crippen LogP contribution is -2.39. The van der Waals surface area contributed by atoms with Crippen LogP contribution in [0, 0.1) is 6.92 Å². The number of hydrogen-bond donors (Lipinski definition) is 0. The first-order valence-electron chi connectivity index (χ1n) is 7.23. The van der Waals surface area contributed by atoms with Gasteiger partial charge in [0.2, 0.25) is 5.91 Å². The van der Waals surface area contributed by atoms with Gasteiger partial charge in [-0.2, -0.15) is 13.2 Å². The van der Waals surface area contributed by atoms with Crippen LogP contribution in [0.5, 0.6) is 0 Å². The van der Waals surface area contributed by atoms with E-state index in [1.165, 1.54) is 11.3 Å². The van der Waals surface area contributed by atoms with Crippen LogP contribution in [0.3, 0.4) is 0 Å². The Labute approximate surface area is 131 Å². The molecule has 4 nitrogen and oxygen atoms in total. The Morgan fingerprint density at radius 2 is 2.27 bits per heavy atom. The van der Waals surface area contributed by atoms with Crippen LogP contribution in [0.1, 0.15) is 42.4 Å². The van der Waals surface area contributed by atoms with E-state index in [0.29, 0.717) is 6.54 Å². The number of likely N-dealkylation sites (tertiary alicyclic amines) is 1. The minimum absolute atomic E-state index is 0.0308. The molecule has 0 radical (unpaired) electrons. The Morgan fingerprint density at radius 1 is 1.50 bits per heavy atom. The molecule has 1 aliphatic rings. The molecule has 22 heavy (non-hydrogen) atoms. The number of halogens is 3. The molecule has 0 aliphatic carbocycles. The van der Waals surface area contributed by atoms with Crippen molar-refractivity contribution >= 4 is 17.2 Å². The average molecular weight is 336 g/mol. The van der Waals surface area contributed by atoms with Crippen LogP contribution in [0.25, 0.3) is 0 Å². The summed E-state index contributed by atoms with van der Waals surface area (Å²) in [4.78, 5) is 18.4. The number of piperidine rings is 1. The molecule has 0 N–H and O–H groups in total. The van der Waals surface area contributed by atoms with Crippen molar-refractivity contribution in [3.05, 3.63) is 16.1 Å². The molecule has 1 aliphatic heterocycles. The van der Waals surface area contributed by atoms with E-state index in [4.69, 9.17) is 0 Å². The zero-order valence-electron chi connectivity index (χ0n) is 12.4. The molecule has 1 atom stereocenters. The highest BCUT2D eigenvalue weighted by Crippen LogP contribution is 2.33. The van der Waals surface area contributed by atoms with Crippen LogP contribution in [0.4, 0.5) is 13.2 Å². The second-order valence-corrected chi connectivity index (χ2v) is 6.23. The molecule has 8 heteroatoms. The average Bonchev–Trinajstić information content (AvgIpc) is 2.89. The normalized spacial score (nSPS) is 19.5. The summed E-state index contributed by atoms with van der Waals surface area (Å²) >= 11 is 1.52. The lowest BCUT2D eigenvalue weighted by atomic mass is 10.0. The highest BCUT2D eigenvalue weighted by Gasteiger charge is 2.30. The van der Waals surface area contributed by atoms with Gasteiger partial charge < -0.3 is 9.64 Å². The zero-order chi connectivity index (χ0) is 16.2. The minimum Gasteiger partial charge on any atom is -0.372 e. The third kappa shape index (κ3) is 4.95. The molecule has 1 fully saturated rings. The third-order valence-electron chi connectivity index (χ3n) is 3.47. The molecule has 1 saturated heterocycles. The molecular weight excluding hydrogens is 317 g/mol. The van der Waals surface area contributed by atoms with Gasteiger partial charge >= 0.3 is 6.18 Å². The molecule has 0 aromatic carbocycles. The summed E-state index contributed by atoms with van der Waals surface area (Å²) < 4.78 is 40.5. The monoisotopic (exact) mass is 336 g/mol. The number of hydrogen-bond acceptors (Lipinski definition) is 4. The zero-order valence-corrected chi connectivity index (χ0v) is 13.2. The minimum atomic E-state index is -4.35. The standard InChI is InChI=1S/C14H19F3N2O2S/c1-10-8-22-13(18-10)11-4-2-3-6-19(11)12(20)5-7-21-9-14(15,16)17/h8,11H,2-7,9H2,1H3/t11-/m0/s1. The molecule has 0 bridgehead atoms. The number of carbonyl (C=O) groups is 1. The van der Waals surface area contributed by atoms with Gasteiger partial charge in [0, 0.05) is 17.6 Å². The van der Waals surface area contributed by atoms with Crippen molar-refractivity contribution in [3.8, 4) is 0 Å². The first kappa shape index (κ1) is 17.2. The van der Waals surface area contributed by atoms with E-state index in [-0.39, 0.29) is 25.0 Å². The van der Waals surface area contributed by atoms with Crippen molar-refractivity contribution in [2.24, 2.45) is 0 Å². The molecule has 1 aromatic heterocycles.